The highest BCUT2D eigenvalue weighted by Crippen LogP contribution is 2.38. The Morgan fingerprint density at radius 2 is 2.00 bits per heavy atom. The van der Waals surface area contributed by atoms with Crippen molar-refractivity contribution in [3.8, 4) is 17.6 Å². The van der Waals surface area contributed by atoms with Gasteiger partial charge in [-0.25, -0.2) is 4.98 Å². The molecule has 5 rings (SSSR count). The van der Waals surface area contributed by atoms with E-state index < -0.39 is 0 Å². The summed E-state index contributed by atoms with van der Waals surface area (Å²) in [5.41, 5.74) is 5.67. The number of carbonyl (C=O) groups is 1. The summed E-state index contributed by atoms with van der Waals surface area (Å²) in [7, 11) is 1.64. The van der Waals surface area contributed by atoms with Crippen LogP contribution in [0, 0.1) is 18.8 Å². The lowest BCUT2D eigenvalue weighted by molar-refractivity contribution is -0.111. The number of morpholine rings is 1. The minimum Gasteiger partial charge on any atom is -0.496 e. The van der Waals surface area contributed by atoms with Gasteiger partial charge in [-0.05, 0) is 50.8 Å². The largest absolute Gasteiger partial charge is 0.496 e. The number of nitrogens with zero attached hydrogens (tertiary/aromatic N) is 5. The van der Waals surface area contributed by atoms with E-state index in [2.05, 4.69) is 43.5 Å². The predicted molar refractivity (Wildman–Crippen MR) is 159 cm³/mol. The van der Waals surface area contributed by atoms with E-state index >= 15 is 0 Å². The Hall–Kier alpha value is -4.13. The van der Waals surface area contributed by atoms with Crippen LogP contribution in [0.5, 0.6) is 5.75 Å². The number of benzene rings is 1. The van der Waals surface area contributed by atoms with E-state index in [1.165, 1.54) is 0 Å². The number of pyridine rings is 1. The van der Waals surface area contributed by atoms with Crippen molar-refractivity contribution in [2.75, 3.05) is 56.7 Å². The molecule has 1 N–H and O–H groups in total. The lowest BCUT2D eigenvalue weighted by atomic mass is 10.0. The van der Waals surface area contributed by atoms with Crippen LogP contribution in [0.3, 0.4) is 0 Å². The van der Waals surface area contributed by atoms with Gasteiger partial charge in [0.15, 0.2) is 0 Å². The summed E-state index contributed by atoms with van der Waals surface area (Å²) in [5.74, 6) is 5.56. The van der Waals surface area contributed by atoms with Gasteiger partial charge in [-0.2, -0.15) is 0 Å². The highest BCUT2D eigenvalue weighted by atomic mass is 16.5. The first kappa shape index (κ1) is 27.4. The number of nitrogens with one attached hydrogen (secondary N) is 1. The van der Waals surface area contributed by atoms with Gasteiger partial charge in [-0.1, -0.05) is 12.5 Å². The molecule has 2 aliphatic heterocycles. The second-order valence-electron chi connectivity index (χ2n) is 10.00. The summed E-state index contributed by atoms with van der Waals surface area (Å²) in [4.78, 5) is 26.4. The molecule has 9 heteroatoms. The number of imidazole rings is 1. The number of hydrogen-bond donors (Lipinski definition) is 1. The topological polar surface area (TPSA) is 83.7 Å². The van der Waals surface area contributed by atoms with Crippen LogP contribution in [0.1, 0.15) is 36.6 Å². The second kappa shape index (κ2) is 12.4. The Kier molecular flexibility index (Phi) is 8.48. The van der Waals surface area contributed by atoms with Gasteiger partial charge in [0.1, 0.15) is 11.4 Å². The fourth-order valence-corrected chi connectivity index (χ4v) is 5.51. The number of piperidine rings is 1. The Morgan fingerprint density at radius 3 is 2.73 bits per heavy atom. The van der Waals surface area contributed by atoms with E-state index in [1.807, 2.05) is 41.8 Å². The molecule has 0 saturated carbocycles. The van der Waals surface area contributed by atoms with Gasteiger partial charge in [-0.3, -0.25) is 14.7 Å². The Morgan fingerprint density at radius 1 is 1.23 bits per heavy atom. The zero-order chi connectivity index (χ0) is 28.1. The monoisotopic (exact) mass is 540 g/mol. The van der Waals surface area contributed by atoms with Crippen LogP contribution in [-0.4, -0.2) is 79.0 Å². The molecule has 2 fully saturated rings. The number of ether oxygens (including phenoxy) is 2. The van der Waals surface area contributed by atoms with E-state index in [1.54, 1.807) is 26.4 Å². The third kappa shape index (κ3) is 5.88. The van der Waals surface area contributed by atoms with Crippen molar-refractivity contribution in [3.05, 3.63) is 60.1 Å². The maximum atomic E-state index is 12.6. The zero-order valence-electron chi connectivity index (χ0n) is 23.4. The SMILES string of the molecule is C=C(/N=C\c1ccc2nccn2c1C)c1cc(NC(=O)C#CC)c(N2CCC(N3CCOCC3)CC2)cc1OC. The first-order chi connectivity index (χ1) is 19.5. The number of aliphatic imine (C=N–C) groups is 1. The number of amides is 1. The molecule has 2 aromatic heterocycles. The normalized spacial score (nSPS) is 16.6. The van der Waals surface area contributed by atoms with Gasteiger partial charge in [0.25, 0.3) is 5.91 Å². The van der Waals surface area contributed by atoms with Gasteiger partial charge in [0.2, 0.25) is 0 Å². The molecule has 0 bridgehead atoms. The number of rotatable bonds is 7. The van der Waals surface area contributed by atoms with E-state index in [-0.39, 0.29) is 5.91 Å². The predicted octanol–water partition coefficient (Wildman–Crippen LogP) is 4.00. The van der Waals surface area contributed by atoms with Crippen LogP contribution < -0.4 is 15.0 Å². The van der Waals surface area contributed by atoms with Gasteiger partial charge >= 0.3 is 0 Å². The summed E-state index contributed by atoms with van der Waals surface area (Å²) < 4.78 is 13.4. The minimum absolute atomic E-state index is 0.360. The molecule has 9 nitrogen and oxygen atoms in total. The third-order valence-corrected chi connectivity index (χ3v) is 7.70. The van der Waals surface area contributed by atoms with Crippen LogP contribution in [0.4, 0.5) is 11.4 Å². The Balaban J connectivity index is 1.41. The molecule has 4 heterocycles. The molecular weight excluding hydrogens is 504 g/mol. The van der Waals surface area contributed by atoms with Crippen molar-refractivity contribution in [2.45, 2.75) is 32.7 Å². The van der Waals surface area contributed by atoms with Crippen LogP contribution in [0.25, 0.3) is 11.3 Å². The molecule has 1 aromatic carbocycles. The van der Waals surface area contributed by atoms with Crippen molar-refractivity contribution >= 4 is 34.8 Å². The molecule has 0 spiro atoms. The number of carbonyl (C=O) groups excluding carboxylic acids is 1. The lowest BCUT2D eigenvalue weighted by Gasteiger charge is -2.41. The first-order valence-electron chi connectivity index (χ1n) is 13.7. The van der Waals surface area contributed by atoms with E-state index in [0.29, 0.717) is 28.7 Å². The van der Waals surface area contributed by atoms with Crippen molar-refractivity contribution in [1.29, 1.82) is 0 Å². The number of anilines is 2. The lowest BCUT2D eigenvalue weighted by Crippen LogP contribution is -2.49. The van der Waals surface area contributed by atoms with Gasteiger partial charge in [0.05, 0.1) is 37.4 Å². The average Bonchev–Trinajstić information content (AvgIpc) is 3.47. The number of aryl methyl sites for hydroxylation is 1. The maximum Gasteiger partial charge on any atom is 0.300 e. The van der Waals surface area contributed by atoms with Crippen molar-refractivity contribution < 1.29 is 14.3 Å². The fraction of sp³-hybridized carbons (Fsp3) is 0.387. The summed E-state index contributed by atoms with van der Waals surface area (Å²) in [6, 6.07) is 8.36. The third-order valence-electron chi connectivity index (χ3n) is 7.70. The van der Waals surface area contributed by atoms with E-state index in [9.17, 15) is 4.79 Å². The zero-order valence-corrected chi connectivity index (χ0v) is 23.4. The van der Waals surface area contributed by atoms with E-state index in [4.69, 9.17) is 9.47 Å². The molecule has 3 aromatic rings. The van der Waals surface area contributed by atoms with Crippen LogP contribution in [0.2, 0.25) is 0 Å². The number of methoxy groups -OCH3 is 1. The minimum atomic E-state index is -0.360. The molecular formula is C31H36N6O3. The molecule has 2 aliphatic rings. The van der Waals surface area contributed by atoms with Gasteiger partial charge < -0.3 is 24.1 Å². The van der Waals surface area contributed by atoms with Gasteiger partial charge in [-0.15, -0.1) is 0 Å². The number of hydrogen-bond acceptors (Lipinski definition) is 7. The van der Waals surface area contributed by atoms with Crippen molar-refractivity contribution in [2.24, 2.45) is 4.99 Å². The van der Waals surface area contributed by atoms with Gasteiger partial charge in [0, 0.05) is 73.7 Å². The van der Waals surface area contributed by atoms with Crippen LogP contribution >= 0.6 is 0 Å². The highest BCUT2D eigenvalue weighted by molar-refractivity contribution is 6.06. The standard InChI is InChI=1S/C31H36N6O3/c1-5-6-31(38)34-27-19-26(22(2)33-21-24-7-8-30-32-11-14-37(30)23(24)3)29(39-4)20-28(27)36-12-9-25(10-13-36)35-15-17-40-18-16-35/h7-8,11,14,19-21,25H,2,9-10,12-13,15-18H2,1,3-4H3,(H,34,38)/b33-21-. The number of aromatic nitrogens is 2. The van der Waals surface area contributed by atoms with Crippen molar-refractivity contribution in [3.63, 3.8) is 0 Å². The molecule has 208 valence electrons. The molecule has 40 heavy (non-hydrogen) atoms. The average molecular weight is 541 g/mol. The molecule has 0 radical (unpaired) electrons. The summed E-state index contributed by atoms with van der Waals surface area (Å²) in [6.45, 7) is 13.2. The number of fused-ring (bicyclic) bond motifs is 1. The maximum absolute atomic E-state index is 12.6. The summed E-state index contributed by atoms with van der Waals surface area (Å²) >= 11 is 0. The molecule has 2 saturated heterocycles. The Bertz CT molecular complexity index is 1480. The molecule has 0 atom stereocenters. The molecule has 0 unspecified atom stereocenters. The molecule has 1 amide bonds. The summed E-state index contributed by atoms with van der Waals surface area (Å²) in [5, 5.41) is 2.99. The smallest absolute Gasteiger partial charge is 0.300 e. The fourth-order valence-electron chi connectivity index (χ4n) is 5.51. The van der Waals surface area contributed by atoms with Crippen LogP contribution in [-0.2, 0) is 9.53 Å². The van der Waals surface area contributed by atoms with Crippen molar-refractivity contribution in [1.82, 2.24) is 14.3 Å². The van der Waals surface area contributed by atoms with E-state index in [0.717, 1.165) is 74.8 Å². The summed E-state index contributed by atoms with van der Waals surface area (Å²) in [6.07, 6.45) is 7.59. The Labute approximate surface area is 235 Å². The van der Waals surface area contributed by atoms with Crippen LogP contribution in [0.15, 0.2) is 48.2 Å². The quantitative estimate of drug-likeness (QED) is 0.360. The first-order valence-corrected chi connectivity index (χ1v) is 13.7. The molecule has 0 aliphatic carbocycles. The highest BCUT2D eigenvalue weighted by Gasteiger charge is 2.28. The second-order valence-corrected chi connectivity index (χ2v) is 10.00.